The van der Waals surface area contributed by atoms with Crippen molar-refractivity contribution in [2.24, 2.45) is 0 Å². The Balaban J connectivity index is 1.93. The third kappa shape index (κ3) is 4.11. The molecule has 1 N–H and O–H groups in total. The Morgan fingerprint density at radius 1 is 1.29 bits per heavy atom. The second-order valence-electron chi connectivity index (χ2n) is 3.99. The molecule has 1 heterocycles. The van der Waals surface area contributed by atoms with Gasteiger partial charge < -0.3 is 5.32 Å². The lowest BCUT2D eigenvalue weighted by molar-refractivity contribution is 0.588. The van der Waals surface area contributed by atoms with Gasteiger partial charge in [-0.25, -0.2) is 4.98 Å². The van der Waals surface area contributed by atoms with Crippen LogP contribution in [0.3, 0.4) is 0 Å². The predicted molar refractivity (Wildman–Crippen MR) is 72.4 cm³/mol. The number of benzene rings is 1. The smallest absolute Gasteiger partial charge is 0.174 e. The fourth-order valence-electron chi connectivity index (χ4n) is 1.31. The van der Waals surface area contributed by atoms with Crippen LogP contribution >= 0.6 is 23.3 Å². The van der Waals surface area contributed by atoms with E-state index in [1.165, 1.54) is 22.0 Å². The van der Waals surface area contributed by atoms with Gasteiger partial charge in [0.05, 0.1) is 0 Å². The Morgan fingerprint density at radius 2 is 2.06 bits per heavy atom. The zero-order valence-electron chi connectivity index (χ0n) is 9.88. The van der Waals surface area contributed by atoms with Crippen molar-refractivity contribution in [3.8, 4) is 0 Å². The molecule has 3 nitrogen and oxygen atoms in total. The summed E-state index contributed by atoms with van der Waals surface area (Å²) >= 11 is 3.08. The molecular weight excluding hydrogens is 250 g/mol. The quantitative estimate of drug-likeness (QED) is 0.901. The zero-order valence-corrected chi connectivity index (χ0v) is 11.5. The monoisotopic (exact) mass is 265 g/mol. The summed E-state index contributed by atoms with van der Waals surface area (Å²) in [4.78, 5) is 5.36. The molecule has 0 aliphatic rings. The van der Waals surface area contributed by atoms with Crippen molar-refractivity contribution in [1.29, 1.82) is 0 Å². The number of rotatable bonds is 5. The first-order valence-corrected chi connectivity index (χ1v) is 7.10. The number of hydrogen-bond donors (Lipinski definition) is 1. The number of hydrogen-bond acceptors (Lipinski definition) is 5. The Morgan fingerprint density at radius 3 is 2.65 bits per heavy atom. The van der Waals surface area contributed by atoms with Gasteiger partial charge in [0.15, 0.2) is 4.34 Å². The molecule has 0 atom stereocenters. The highest BCUT2D eigenvalue weighted by atomic mass is 32.2. The molecule has 0 bridgehead atoms. The van der Waals surface area contributed by atoms with Crippen LogP contribution in [0.1, 0.15) is 19.4 Å². The van der Waals surface area contributed by atoms with Crippen LogP contribution in [0.15, 0.2) is 39.8 Å². The molecule has 0 aliphatic heterocycles. The van der Waals surface area contributed by atoms with Crippen molar-refractivity contribution in [1.82, 2.24) is 14.7 Å². The van der Waals surface area contributed by atoms with Crippen LogP contribution in [0.4, 0.5) is 0 Å². The Hall–Kier alpha value is -0.910. The number of nitrogens with zero attached hydrogens (tertiary/aromatic N) is 2. The maximum absolute atomic E-state index is 4.15. The maximum Gasteiger partial charge on any atom is 0.174 e. The first-order chi connectivity index (χ1) is 8.24. The van der Waals surface area contributed by atoms with E-state index in [0.29, 0.717) is 6.04 Å². The molecule has 5 heteroatoms. The van der Waals surface area contributed by atoms with Crippen molar-refractivity contribution in [3.63, 3.8) is 0 Å². The molecule has 0 unspecified atom stereocenters. The summed E-state index contributed by atoms with van der Waals surface area (Å²) in [5.74, 6) is 0. The summed E-state index contributed by atoms with van der Waals surface area (Å²) < 4.78 is 4.97. The molecule has 1 aromatic heterocycles. The summed E-state index contributed by atoms with van der Waals surface area (Å²) in [6, 6.07) is 9.08. The normalized spacial score (nSPS) is 11.0. The number of nitrogens with one attached hydrogen (secondary N) is 1. The minimum absolute atomic E-state index is 0.519. The van der Waals surface area contributed by atoms with Gasteiger partial charge in [-0.15, -0.1) is 0 Å². The van der Waals surface area contributed by atoms with Crippen molar-refractivity contribution < 1.29 is 0 Å². The third-order valence-corrected chi connectivity index (χ3v) is 3.91. The molecule has 0 saturated heterocycles. The minimum Gasteiger partial charge on any atom is -0.310 e. The molecule has 0 radical (unpaired) electrons. The van der Waals surface area contributed by atoms with E-state index in [1.54, 1.807) is 18.1 Å². The van der Waals surface area contributed by atoms with Crippen LogP contribution < -0.4 is 5.32 Å². The summed E-state index contributed by atoms with van der Waals surface area (Å²) in [5, 5.41) is 3.40. The molecular formula is C12H15N3S2. The van der Waals surface area contributed by atoms with Crippen molar-refractivity contribution in [3.05, 3.63) is 36.2 Å². The Labute approximate surface area is 110 Å². The van der Waals surface area contributed by atoms with Crippen LogP contribution in [0.2, 0.25) is 0 Å². The van der Waals surface area contributed by atoms with Crippen LogP contribution in [0.5, 0.6) is 0 Å². The van der Waals surface area contributed by atoms with Gasteiger partial charge in [0.25, 0.3) is 0 Å². The molecule has 17 heavy (non-hydrogen) atoms. The van der Waals surface area contributed by atoms with Crippen LogP contribution in [0.25, 0.3) is 0 Å². The van der Waals surface area contributed by atoms with Crippen molar-refractivity contribution in [2.45, 2.75) is 35.7 Å². The van der Waals surface area contributed by atoms with E-state index in [1.807, 2.05) is 0 Å². The standard InChI is InChI=1S/C12H15N3S2/c1-9(2)13-7-10-3-5-11(6-4-10)16-12-14-8-15-17-12/h3-6,8-9,13H,7H2,1-2H3. The van der Waals surface area contributed by atoms with Gasteiger partial charge in [-0.3, -0.25) is 0 Å². The van der Waals surface area contributed by atoms with E-state index < -0.39 is 0 Å². The minimum atomic E-state index is 0.519. The maximum atomic E-state index is 4.15. The van der Waals surface area contributed by atoms with Gasteiger partial charge in [-0.05, 0) is 29.2 Å². The third-order valence-electron chi connectivity index (χ3n) is 2.18. The van der Waals surface area contributed by atoms with Gasteiger partial charge in [-0.2, -0.15) is 4.37 Å². The second-order valence-corrected chi connectivity index (χ2v) is 6.09. The lowest BCUT2D eigenvalue weighted by atomic mass is 10.2. The molecule has 90 valence electrons. The van der Waals surface area contributed by atoms with Crippen LogP contribution in [-0.4, -0.2) is 15.4 Å². The molecule has 0 saturated carbocycles. The fraction of sp³-hybridized carbons (Fsp3) is 0.333. The van der Waals surface area contributed by atoms with Crippen LogP contribution in [0, 0.1) is 0 Å². The van der Waals surface area contributed by atoms with E-state index in [0.717, 1.165) is 10.9 Å². The predicted octanol–water partition coefficient (Wildman–Crippen LogP) is 3.19. The molecule has 1 aromatic carbocycles. The summed E-state index contributed by atoms with van der Waals surface area (Å²) in [5.41, 5.74) is 1.31. The highest BCUT2D eigenvalue weighted by Gasteiger charge is 2.01. The van der Waals surface area contributed by atoms with E-state index in [4.69, 9.17) is 0 Å². The van der Waals surface area contributed by atoms with Gasteiger partial charge in [-0.1, -0.05) is 37.7 Å². The first-order valence-electron chi connectivity index (χ1n) is 5.51. The zero-order chi connectivity index (χ0) is 12.1. The lowest BCUT2D eigenvalue weighted by Gasteiger charge is -2.08. The first kappa shape index (κ1) is 12.5. The summed E-state index contributed by atoms with van der Waals surface area (Å²) in [7, 11) is 0. The highest BCUT2D eigenvalue weighted by molar-refractivity contribution is 8.01. The SMILES string of the molecule is CC(C)NCc1ccc(Sc2ncns2)cc1. The summed E-state index contributed by atoms with van der Waals surface area (Å²) in [6.45, 7) is 5.22. The van der Waals surface area contributed by atoms with Gasteiger partial charge in [0.1, 0.15) is 6.33 Å². The molecule has 0 fully saturated rings. The molecule has 0 spiro atoms. The van der Waals surface area contributed by atoms with Gasteiger partial charge in [0, 0.05) is 17.5 Å². The topological polar surface area (TPSA) is 37.8 Å². The van der Waals surface area contributed by atoms with Crippen LogP contribution in [-0.2, 0) is 6.54 Å². The molecule has 0 amide bonds. The van der Waals surface area contributed by atoms with E-state index in [2.05, 4.69) is 52.8 Å². The Bertz CT molecular complexity index is 437. The van der Waals surface area contributed by atoms with E-state index in [9.17, 15) is 0 Å². The molecule has 0 aliphatic carbocycles. The Kier molecular flexibility index (Phi) is 4.53. The fourth-order valence-corrected chi connectivity index (χ4v) is 2.73. The largest absolute Gasteiger partial charge is 0.310 e. The molecule has 2 aromatic rings. The lowest BCUT2D eigenvalue weighted by Crippen LogP contribution is -2.21. The summed E-state index contributed by atoms with van der Waals surface area (Å²) in [6.07, 6.45) is 1.59. The van der Waals surface area contributed by atoms with Crippen molar-refractivity contribution >= 4 is 23.3 Å². The average Bonchev–Trinajstić information content (AvgIpc) is 2.81. The molecule has 2 rings (SSSR count). The van der Waals surface area contributed by atoms with Gasteiger partial charge >= 0.3 is 0 Å². The van der Waals surface area contributed by atoms with Gasteiger partial charge in [0.2, 0.25) is 0 Å². The second kappa shape index (κ2) is 6.14. The number of aromatic nitrogens is 2. The van der Waals surface area contributed by atoms with E-state index >= 15 is 0 Å². The van der Waals surface area contributed by atoms with E-state index in [-0.39, 0.29) is 0 Å². The van der Waals surface area contributed by atoms with Crippen molar-refractivity contribution in [2.75, 3.05) is 0 Å². The highest BCUT2D eigenvalue weighted by Crippen LogP contribution is 2.27. The average molecular weight is 265 g/mol.